The fourth-order valence-corrected chi connectivity index (χ4v) is 4.65. The number of β-amino-alcohol motifs (C(OH)–C–C–N with tert-alkyl or cyclic N) is 1. The monoisotopic (exact) mass is 563 g/mol. The SMILES string of the molecule is O=C([O-])CN1CCN(CC(=O)[O-])CCN(CC(O)CN(CC(=O)[O-])Cc2ccccc2)CCN(CC(=O)[O-])CC1. The Morgan fingerprint density at radius 1 is 0.675 bits per heavy atom. The summed E-state index contributed by atoms with van der Waals surface area (Å²) in [5, 5.41) is 56.0. The molecule has 1 unspecified atom stereocenters. The third kappa shape index (κ3) is 14.3. The van der Waals surface area contributed by atoms with Crippen molar-refractivity contribution in [3.05, 3.63) is 35.9 Å². The minimum Gasteiger partial charge on any atom is -0.549 e. The molecule has 40 heavy (non-hydrogen) atoms. The van der Waals surface area contributed by atoms with Gasteiger partial charge in [0.25, 0.3) is 0 Å². The fraction of sp³-hybridized carbons (Fsp3) is 0.615. The molecule has 14 nitrogen and oxygen atoms in total. The fourth-order valence-electron chi connectivity index (χ4n) is 4.65. The van der Waals surface area contributed by atoms with Crippen LogP contribution in [0.3, 0.4) is 0 Å². The molecule has 1 aliphatic rings. The number of nitrogens with zero attached hydrogens (tertiary/aromatic N) is 5. The van der Waals surface area contributed by atoms with Crippen molar-refractivity contribution < 1.29 is 44.7 Å². The molecule has 0 bridgehead atoms. The first kappa shape index (κ1) is 33.1. The summed E-state index contributed by atoms with van der Waals surface area (Å²) in [5.74, 6) is -5.16. The van der Waals surface area contributed by atoms with Crippen LogP contribution in [-0.4, -0.2) is 151 Å². The smallest absolute Gasteiger partial charge is 0.0794 e. The lowest BCUT2D eigenvalue weighted by Gasteiger charge is -2.35. The minimum absolute atomic E-state index is 0.0308. The van der Waals surface area contributed by atoms with Crippen LogP contribution in [0.5, 0.6) is 0 Å². The zero-order chi connectivity index (χ0) is 29.5. The van der Waals surface area contributed by atoms with Gasteiger partial charge in [0, 0.05) is 98.2 Å². The number of carbonyl (C=O) groups excluding carboxylic acids is 4. The molecule has 0 aromatic heterocycles. The number of carbonyl (C=O) groups is 4. The van der Waals surface area contributed by atoms with Crippen LogP contribution in [0.25, 0.3) is 0 Å². The molecule has 0 amide bonds. The Hall–Kier alpha value is -3.14. The predicted molar refractivity (Wildman–Crippen MR) is 134 cm³/mol. The van der Waals surface area contributed by atoms with Crippen LogP contribution >= 0.6 is 0 Å². The van der Waals surface area contributed by atoms with Crippen molar-refractivity contribution in [2.24, 2.45) is 0 Å². The van der Waals surface area contributed by atoms with Gasteiger partial charge in [-0.25, -0.2) is 0 Å². The number of hydrogen-bond donors (Lipinski definition) is 1. The molecule has 224 valence electrons. The van der Waals surface area contributed by atoms with E-state index in [-0.39, 0.29) is 85.1 Å². The number of carboxylic acid groups (broad SMARTS) is 4. The Kier molecular flexibility index (Phi) is 14.5. The predicted octanol–water partition coefficient (Wildman–Crippen LogP) is -6.93. The lowest BCUT2D eigenvalue weighted by atomic mass is 10.2. The van der Waals surface area contributed by atoms with Gasteiger partial charge in [-0.05, 0) is 5.56 Å². The van der Waals surface area contributed by atoms with Crippen molar-refractivity contribution in [2.75, 3.05) is 91.6 Å². The van der Waals surface area contributed by atoms with Crippen molar-refractivity contribution in [3.63, 3.8) is 0 Å². The van der Waals surface area contributed by atoms with Gasteiger partial charge in [-0.1, -0.05) is 30.3 Å². The Balaban J connectivity index is 2.13. The summed E-state index contributed by atoms with van der Waals surface area (Å²) >= 11 is 0. The van der Waals surface area contributed by atoms with E-state index >= 15 is 0 Å². The molecular weight excluding hydrogens is 526 g/mol. The summed E-state index contributed by atoms with van der Waals surface area (Å²) in [4.78, 5) is 53.3. The Bertz CT molecular complexity index is 920. The van der Waals surface area contributed by atoms with E-state index in [2.05, 4.69) is 0 Å². The zero-order valence-corrected chi connectivity index (χ0v) is 22.5. The number of aliphatic carboxylic acids is 4. The normalized spacial score (nSPS) is 18.1. The van der Waals surface area contributed by atoms with Gasteiger partial charge in [-0.3, -0.25) is 24.5 Å². The highest BCUT2D eigenvalue weighted by molar-refractivity contribution is 5.67. The van der Waals surface area contributed by atoms with E-state index in [1.165, 1.54) is 0 Å². The highest BCUT2D eigenvalue weighted by Gasteiger charge is 2.20. The van der Waals surface area contributed by atoms with E-state index in [0.29, 0.717) is 13.1 Å². The molecule has 2 rings (SSSR count). The number of rotatable bonds is 14. The van der Waals surface area contributed by atoms with E-state index in [4.69, 9.17) is 0 Å². The maximum atomic E-state index is 11.3. The molecule has 1 saturated heterocycles. The van der Waals surface area contributed by atoms with E-state index in [0.717, 1.165) is 5.56 Å². The second-order valence-electron chi connectivity index (χ2n) is 9.93. The summed E-state index contributed by atoms with van der Waals surface area (Å²) in [5.41, 5.74) is 0.867. The quantitative estimate of drug-likeness (QED) is 0.224. The molecule has 0 spiro atoms. The van der Waals surface area contributed by atoms with Crippen molar-refractivity contribution in [1.82, 2.24) is 24.5 Å². The Morgan fingerprint density at radius 2 is 1.07 bits per heavy atom. The van der Waals surface area contributed by atoms with E-state index < -0.39 is 30.0 Å². The molecule has 1 aromatic rings. The molecule has 1 aliphatic heterocycles. The number of hydrogen-bond acceptors (Lipinski definition) is 14. The molecule has 1 heterocycles. The Labute approximate surface area is 233 Å². The van der Waals surface area contributed by atoms with E-state index in [9.17, 15) is 44.7 Å². The number of benzene rings is 1. The minimum atomic E-state index is -1.30. The summed E-state index contributed by atoms with van der Waals surface area (Å²) in [6.07, 6.45) is -0.973. The second kappa shape index (κ2) is 17.5. The number of aliphatic hydroxyl groups excluding tert-OH is 1. The molecular formula is C26H37N5O9-4. The van der Waals surface area contributed by atoms with Crippen LogP contribution in [0.15, 0.2) is 30.3 Å². The highest BCUT2D eigenvalue weighted by atomic mass is 16.4. The molecule has 14 heteroatoms. The van der Waals surface area contributed by atoms with Crippen molar-refractivity contribution in [2.45, 2.75) is 12.6 Å². The van der Waals surface area contributed by atoms with E-state index in [1.54, 1.807) is 19.6 Å². The van der Waals surface area contributed by atoms with Gasteiger partial charge < -0.3 is 44.7 Å². The van der Waals surface area contributed by atoms with Crippen molar-refractivity contribution >= 4 is 23.9 Å². The maximum absolute atomic E-state index is 11.3. The first-order valence-corrected chi connectivity index (χ1v) is 13.1. The molecule has 1 aromatic carbocycles. The first-order valence-electron chi connectivity index (χ1n) is 13.1. The van der Waals surface area contributed by atoms with Gasteiger partial charge in [0.05, 0.1) is 30.0 Å². The van der Waals surface area contributed by atoms with Crippen LogP contribution in [0, 0.1) is 0 Å². The highest BCUT2D eigenvalue weighted by Crippen LogP contribution is 2.07. The summed E-state index contributed by atoms with van der Waals surface area (Å²) in [6, 6.07) is 9.18. The summed E-state index contributed by atoms with van der Waals surface area (Å²) in [6.45, 7) is 0.904. The largest absolute Gasteiger partial charge is 0.549 e. The van der Waals surface area contributed by atoms with Crippen LogP contribution in [-0.2, 0) is 25.7 Å². The third-order valence-electron chi connectivity index (χ3n) is 6.53. The molecule has 0 saturated carbocycles. The molecule has 0 radical (unpaired) electrons. The maximum Gasteiger partial charge on any atom is 0.0794 e. The average molecular weight is 564 g/mol. The average Bonchev–Trinajstić information content (AvgIpc) is 2.85. The third-order valence-corrected chi connectivity index (χ3v) is 6.53. The Morgan fingerprint density at radius 3 is 1.45 bits per heavy atom. The second-order valence-corrected chi connectivity index (χ2v) is 9.93. The van der Waals surface area contributed by atoms with Crippen LogP contribution in [0.2, 0.25) is 0 Å². The van der Waals surface area contributed by atoms with Crippen LogP contribution < -0.4 is 20.4 Å². The van der Waals surface area contributed by atoms with Crippen molar-refractivity contribution in [3.8, 4) is 0 Å². The summed E-state index contributed by atoms with van der Waals surface area (Å²) in [7, 11) is 0. The molecule has 0 aliphatic carbocycles. The van der Waals surface area contributed by atoms with Gasteiger partial charge in [0.2, 0.25) is 0 Å². The number of carboxylic acids is 4. The lowest BCUT2D eigenvalue weighted by molar-refractivity contribution is -0.308. The molecule has 1 atom stereocenters. The summed E-state index contributed by atoms with van der Waals surface area (Å²) < 4.78 is 0. The lowest BCUT2D eigenvalue weighted by Crippen LogP contribution is -2.52. The van der Waals surface area contributed by atoms with Gasteiger partial charge in [0.15, 0.2) is 0 Å². The first-order chi connectivity index (χ1) is 19.0. The van der Waals surface area contributed by atoms with E-state index in [1.807, 2.05) is 35.2 Å². The van der Waals surface area contributed by atoms with Crippen LogP contribution in [0.1, 0.15) is 5.56 Å². The molecule has 1 fully saturated rings. The van der Waals surface area contributed by atoms with Crippen LogP contribution in [0.4, 0.5) is 0 Å². The molecule has 1 N–H and O–H groups in total. The topological polar surface area (TPSA) is 197 Å². The number of aliphatic hydroxyl groups is 1. The van der Waals surface area contributed by atoms with Gasteiger partial charge in [0.1, 0.15) is 0 Å². The standard InChI is InChI=1S/C26H41N5O9/c32-22(16-31(20-26(39)40)14-21-4-2-1-3-5-21)15-27-6-8-28(17-23(33)34)10-12-30(19-25(37)38)13-11-29(9-7-27)18-24(35)36/h1-5,22,32H,6-20H2,(H,33,34)(H,35,36)(H,37,38)(H,39,40)/p-4. The zero-order valence-electron chi connectivity index (χ0n) is 22.5. The van der Waals surface area contributed by atoms with Crippen molar-refractivity contribution in [1.29, 1.82) is 0 Å². The van der Waals surface area contributed by atoms with Gasteiger partial charge >= 0.3 is 0 Å². The van der Waals surface area contributed by atoms with Gasteiger partial charge in [-0.15, -0.1) is 0 Å². The van der Waals surface area contributed by atoms with Gasteiger partial charge in [-0.2, -0.15) is 0 Å².